The van der Waals surface area contributed by atoms with Crippen molar-refractivity contribution >= 4 is 5.97 Å². The minimum absolute atomic E-state index is 6.05. The summed E-state index contributed by atoms with van der Waals surface area (Å²) in [6.07, 6.45) is -35.8. The molecule has 2 nitrogen and oxygen atoms in total. The molecule has 0 aliphatic heterocycles. The van der Waals surface area contributed by atoms with Crippen LogP contribution in [0.2, 0.25) is 0 Å². The normalized spacial score (nSPS) is 20.3. The first-order chi connectivity index (χ1) is 17.9. The second-order valence-corrected chi connectivity index (χ2v) is 7.72. The lowest BCUT2D eigenvalue weighted by molar-refractivity contribution is -0.478. The van der Waals surface area contributed by atoms with Crippen LogP contribution < -0.4 is 0 Å². The van der Waals surface area contributed by atoms with Gasteiger partial charge in [-0.25, -0.2) is 18.0 Å². The minimum atomic E-state index is -10.3. The van der Waals surface area contributed by atoms with Crippen LogP contribution in [0.1, 0.15) is 0 Å². The highest BCUT2D eigenvalue weighted by atomic mass is 19.4. The summed E-state index contributed by atoms with van der Waals surface area (Å²) < 4.78 is 358. The largest absolute Gasteiger partial charge is 0.479 e. The van der Waals surface area contributed by atoms with Crippen LogP contribution in [-0.2, 0) is 4.79 Å². The van der Waals surface area contributed by atoms with E-state index in [1.165, 1.54) is 0 Å². The van der Waals surface area contributed by atoms with Gasteiger partial charge in [0.2, 0.25) is 0 Å². The van der Waals surface area contributed by atoms with Crippen molar-refractivity contribution in [3.05, 3.63) is 0 Å². The Hall–Kier alpha value is -2.42. The van der Waals surface area contributed by atoms with Gasteiger partial charge < -0.3 is 5.11 Å². The third-order valence-corrected chi connectivity index (χ3v) is 5.18. The smallest absolute Gasteiger partial charge is 0.460 e. The summed E-state index contributed by atoms with van der Waals surface area (Å²) in [7, 11) is 0. The maximum atomic E-state index is 14.7. The molecule has 0 aliphatic rings. The number of carboxylic acid groups (broad SMARTS) is 1. The van der Waals surface area contributed by atoms with E-state index < -0.39 is 83.2 Å². The average Bonchev–Trinajstić information content (AvgIpc) is 2.72. The average molecular weight is 714 g/mol. The first-order valence-corrected chi connectivity index (χ1v) is 8.78. The van der Waals surface area contributed by atoms with E-state index in [0.717, 1.165) is 0 Å². The van der Waals surface area contributed by atoms with Crippen molar-refractivity contribution < 1.29 is 128 Å². The molecule has 3 atom stereocenters. The predicted octanol–water partition coefficient (Wildman–Crippen LogP) is 8.26. The molecule has 0 saturated carbocycles. The number of halogens is 27. The summed E-state index contributed by atoms with van der Waals surface area (Å²) >= 11 is 0. The fraction of sp³-hybridized carbons (Fsp3) is 0.929. The standard InChI is InChI=1S/C14HF27O2/c15-2(1(42)43,3(16,11(30,31)32)6(20,21)9(26,27)13(36,37)38)5(18,19)7(22,23)4(17,12(33,34)35)8(24,25)10(28,29)14(39,40)41/h(H,42,43). The summed E-state index contributed by atoms with van der Waals surface area (Å²) in [4.78, 5) is 10.7. The Bertz CT molecular complexity index is 1060. The summed E-state index contributed by atoms with van der Waals surface area (Å²) in [5.74, 6) is -64.3. The molecule has 0 radical (unpaired) electrons. The Balaban J connectivity index is 8.61. The van der Waals surface area contributed by atoms with Crippen LogP contribution in [0, 0.1) is 0 Å². The molecule has 0 fully saturated rings. The molecular formula is C14HF27O2. The highest BCUT2D eigenvalue weighted by Crippen LogP contribution is 2.70. The van der Waals surface area contributed by atoms with Crippen molar-refractivity contribution in [1.82, 2.24) is 0 Å². The van der Waals surface area contributed by atoms with Crippen molar-refractivity contribution in [1.29, 1.82) is 0 Å². The van der Waals surface area contributed by atoms with Gasteiger partial charge in [0.1, 0.15) is 0 Å². The Kier molecular flexibility index (Phi) is 9.00. The first kappa shape index (κ1) is 40.6. The number of hydrogen-bond donors (Lipinski definition) is 1. The van der Waals surface area contributed by atoms with Gasteiger partial charge in [-0.3, -0.25) is 0 Å². The van der Waals surface area contributed by atoms with Crippen molar-refractivity contribution in [2.45, 2.75) is 77.2 Å². The lowest BCUT2D eigenvalue weighted by Gasteiger charge is -2.50. The van der Waals surface area contributed by atoms with Crippen molar-refractivity contribution in [2.24, 2.45) is 0 Å². The SMILES string of the molecule is O=C(O)C(F)(C(F)(F)C(F)(F)C(F)(C(F)(F)F)C(F)(F)C(F)(F)C(F)(F)F)C(F)(C(F)(F)F)C(F)(F)C(F)(F)C(F)(F)F. The predicted molar refractivity (Wildman–Crippen MR) is 73.1 cm³/mol. The first-order valence-electron chi connectivity index (χ1n) is 8.78. The Morgan fingerprint density at radius 2 is 0.512 bits per heavy atom. The van der Waals surface area contributed by atoms with E-state index in [9.17, 15) is 123 Å². The van der Waals surface area contributed by atoms with E-state index >= 15 is 0 Å². The third-order valence-electron chi connectivity index (χ3n) is 5.18. The molecule has 258 valence electrons. The van der Waals surface area contributed by atoms with Crippen LogP contribution in [0.4, 0.5) is 119 Å². The van der Waals surface area contributed by atoms with Gasteiger partial charge in [-0.2, -0.15) is 105 Å². The molecule has 0 heterocycles. The molecule has 1 N–H and O–H groups in total. The second kappa shape index (κ2) is 9.54. The quantitative estimate of drug-likeness (QED) is 0.245. The molecule has 3 unspecified atom stereocenters. The number of carbonyl (C=O) groups is 1. The molecule has 0 aliphatic carbocycles. The van der Waals surface area contributed by atoms with Gasteiger partial charge in [0.25, 0.3) is 0 Å². The van der Waals surface area contributed by atoms with Gasteiger partial charge in [-0.15, -0.1) is 0 Å². The molecule has 0 rings (SSSR count). The van der Waals surface area contributed by atoms with Crippen LogP contribution in [0.15, 0.2) is 0 Å². The van der Waals surface area contributed by atoms with Gasteiger partial charge >= 0.3 is 83.2 Å². The van der Waals surface area contributed by atoms with Crippen LogP contribution in [0.3, 0.4) is 0 Å². The Morgan fingerprint density at radius 1 is 0.302 bits per heavy atom. The summed E-state index contributed by atoms with van der Waals surface area (Å²) in [6, 6.07) is 0. The van der Waals surface area contributed by atoms with Crippen LogP contribution in [0.25, 0.3) is 0 Å². The van der Waals surface area contributed by atoms with E-state index in [-0.39, 0.29) is 0 Å². The minimum Gasteiger partial charge on any atom is -0.479 e. The maximum absolute atomic E-state index is 14.7. The number of rotatable bonds is 9. The highest BCUT2D eigenvalue weighted by molar-refractivity contribution is 5.82. The summed E-state index contributed by atoms with van der Waals surface area (Å²) in [5, 5.41) is 8.12. The van der Waals surface area contributed by atoms with E-state index in [4.69, 9.17) is 5.11 Å². The topological polar surface area (TPSA) is 37.3 Å². The molecule has 0 aromatic heterocycles. The zero-order valence-electron chi connectivity index (χ0n) is 18.1. The third kappa shape index (κ3) is 4.49. The lowest BCUT2D eigenvalue weighted by atomic mass is 9.68. The maximum Gasteiger partial charge on any atom is 0.460 e. The highest BCUT2D eigenvalue weighted by Gasteiger charge is 3.04. The van der Waals surface area contributed by atoms with Gasteiger partial charge in [-0.1, -0.05) is 0 Å². The summed E-state index contributed by atoms with van der Waals surface area (Å²) in [5.41, 5.74) is -29.9. The van der Waals surface area contributed by atoms with Crippen LogP contribution in [0.5, 0.6) is 0 Å². The van der Waals surface area contributed by atoms with E-state index in [1.54, 1.807) is 0 Å². The molecule has 0 aromatic rings. The number of alkyl halides is 27. The number of hydrogen-bond acceptors (Lipinski definition) is 1. The van der Waals surface area contributed by atoms with Crippen molar-refractivity contribution in [3.63, 3.8) is 0 Å². The van der Waals surface area contributed by atoms with Crippen molar-refractivity contribution in [3.8, 4) is 0 Å². The van der Waals surface area contributed by atoms with E-state index in [0.29, 0.717) is 0 Å². The fourth-order valence-corrected chi connectivity index (χ4v) is 2.86. The van der Waals surface area contributed by atoms with Crippen LogP contribution in [-0.4, -0.2) is 88.3 Å². The molecule has 0 amide bonds. The van der Waals surface area contributed by atoms with Gasteiger partial charge in [0.05, 0.1) is 0 Å². The number of carboxylic acids is 1. The molecule has 0 bridgehead atoms. The van der Waals surface area contributed by atoms with Gasteiger partial charge in [0.15, 0.2) is 0 Å². The Morgan fingerprint density at radius 3 is 0.698 bits per heavy atom. The number of aliphatic carboxylic acids is 1. The second-order valence-electron chi connectivity index (χ2n) is 7.72. The fourth-order valence-electron chi connectivity index (χ4n) is 2.86. The zero-order chi connectivity index (χ0) is 36.1. The summed E-state index contributed by atoms with van der Waals surface area (Å²) in [6.45, 7) is 0. The van der Waals surface area contributed by atoms with Crippen molar-refractivity contribution in [2.75, 3.05) is 0 Å². The van der Waals surface area contributed by atoms with E-state index in [1.807, 2.05) is 0 Å². The monoisotopic (exact) mass is 714 g/mol. The Labute approximate surface area is 213 Å². The lowest BCUT2D eigenvalue weighted by Crippen LogP contribution is -2.86. The van der Waals surface area contributed by atoms with Crippen LogP contribution >= 0.6 is 0 Å². The van der Waals surface area contributed by atoms with Gasteiger partial charge in [0, 0.05) is 0 Å². The van der Waals surface area contributed by atoms with Gasteiger partial charge in [-0.05, 0) is 0 Å². The molecule has 0 spiro atoms. The molecule has 0 aromatic carbocycles. The zero-order valence-corrected chi connectivity index (χ0v) is 18.1. The molecule has 0 saturated heterocycles. The molecular weight excluding hydrogens is 713 g/mol. The molecule has 43 heavy (non-hydrogen) atoms. The molecule has 29 heteroatoms. The van der Waals surface area contributed by atoms with E-state index in [2.05, 4.69) is 0 Å².